The molecule has 0 bridgehead atoms. The molecule has 9 nitrogen and oxygen atoms in total. The molecule has 216 valence electrons. The molecule has 5 rings (SSSR count). The lowest BCUT2D eigenvalue weighted by molar-refractivity contribution is -0.0420. The van der Waals surface area contributed by atoms with Crippen LogP contribution in [0.2, 0.25) is 5.02 Å². The van der Waals surface area contributed by atoms with Crippen LogP contribution >= 0.6 is 11.6 Å². The second-order valence-electron chi connectivity index (χ2n) is 11.2. The zero-order chi connectivity index (χ0) is 28.7. The monoisotopic (exact) mass is 573 g/mol. The number of fused-ring (bicyclic) bond motifs is 1. The molecule has 3 aromatic rings. The Kier molecular flexibility index (Phi) is 8.45. The number of hydrogen-bond donors (Lipinski definition) is 2. The van der Waals surface area contributed by atoms with Gasteiger partial charge in [-0.1, -0.05) is 11.6 Å². The maximum atomic E-state index is 15.8. The van der Waals surface area contributed by atoms with Gasteiger partial charge in [0.2, 0.25) is 5.95 Å². The maximum Gasteiger partial charge on any atom is 0.223 e. The molecule has 2 aliphatic rings. The van der Waals surface area contributed by atoms with E-state index in [1.807, 2.05) is 13.8 Å². The first-order chi connectivity index (χ1) is 19.1. The van der Waals surface area contributed by atoms with Gasteiger partial charge in [-0.2, -0.15) is 0 Å². The van der Waals surface area contributed by atoms with Gasteiger partial charge in [0.15, 0.2) is 5.43 Å². The molecule has 2 aliphatic heterocycles. The second kappa shape index (κ2) is 11.7. The fourth-order valence-corrected chi connectivity index (χ4v) is 5.99. The summed E-state index contributed by atoms with van der Waals surface area (Å²) in [5.41, 5.74) is 2.35. The molecular formula is C29H37ClFN5O4. The molecule has 0 unspecified atom stereocenters. The number of anilines is 1. The molecule has 2 N–H and O–H groups in total. The first kappa shape index (κ1) is 28.9. The van der Waals surface area contributed by atoms with Crippen molar-refractivity contribution in [3.63, 3.8) is 0 Å². The first-order valence-electron chi connectivity index (χ1n) is 13.8. The molecular weight excluding hydrogens is 537 g/mol. The van der Waals surface area contributed by atoms with Crippen molar-refractivity contribution in [3.8, 4) is 11.3 Å². The highest BCUT2D eigenvalue weighted by atomic mass is 35.5. The van der Waals surface area contributed by atoms with Gasteiger partial charge in [0, 0.05) is 48.1 Å². The standard InChI is InChI=1S/C29H37ClFN5O4/c1-15(2)36-23-9-19(27-20(30)10-32-29(34-27)33-22-6-7-39-14-25(22)37)8-21(31)26(23)28(38)18(5)24(36)11-35-16(3)12-40-13-17(35)4/h8-10,15-17,22,25,37H,6-7,11-14H2,1-5H3,(H,32,33,34)/t16-,17-,22+,25+/m0/s1. The SMILES string of the molecule is Cc1c(CN2[C@@H](C)COC[C@@H]2C)n(C(C)C)c2cc(-c3nc(N[C@@H]4CCOC[C@H]4O)ncc3Cl)cc(F)c2c1=O. The quantitative estimate of drug-likeness (QED) is 0.450. The Morgan fingerprint density at radius 1 is 1.20 bits per heavy atom. The fourth-order valence-electron chi connectivity index (χ4n) is 5.79. The van der Waals surface area contributed by atoms with Crippen LogP contribution in [-0.4, -0.2) is 75.2 Å². The van der Waals surface area contributed by atoms with Crippen LogP contribution in [0.5, 0.6) is 0 Å². The molecule has 0 spiro atoms. The lowest BCUT2D eigenvalue weighted by atomic mass is 10.0. The zero-order valence-electron chi connectivity index (χ0n) is 23.6. The van der Waals surface area contributed by atoms with Crippen molar-refractivity contribution in [1.82, 2.24) is 19.4 Å². The van der Waals surface area contributed by atoms with Crippen molar-refractivity contribution in [3.05, 3.63) is 50.7 Å². The van der Waals surface area contributed by atoms with Gasteiger partial charge in [-0.15, -0.1) is 0 Å². The number of morpholine rings is 1. The smallest absolute Gasteiger partial charge is 0.223 e. The van der Waals surface area contributed by atoms with Crippen LogP contribution in [0, 0.1) is 12.7 Å². The molecule has 11 heteroatoms. The average Bonchev–Trinajstić information content (AvgIpc) is 2.90. The van der Waals surface area contributed by atoms with E-state index in [0.29, 0.717) is 55.1 Å². The van der Waals surface area contributed by atoms with Gasteiger partial charge in [-0.05, 0) is 53.2 Å². The van der Waals surface area contributed by atoms with Gasteiger partial charge >= 0.3 is 0 Å². The predicted molar refractivity (Wildman–Crippen MR) is 153 cm³/mol. The number of ether oxygens (including phenoxy) is 2. The number of aliphatic hydroxyl groups is 1. The van der Waals surface area contributed by atoms with Crippen LogP contribution in [0.1, 0.15) is 51.4 Å². The Balaban J connectivity index is 1.63. The molecule has 4 atom stereocenters. The van der Waals surface area contributed by atoms with E-state index in [1.165, 1.54) is 12.3 Å². The molecule has 2 fully saturated rings. The van der Waals surface area contributed by atoms with Crippen molar-refractivity contribution >= 4 is 28.5 Å². The molecule has 0 aliphatic carbocycles. The summed E-state index contributed by atoms with van der Waals surface area (Å²) in [5.74, 6) is -0.356. The summed E-state index contributed by atoms with van der Waals surface area (Å²) in [5, 5.41) is 13.7. The van der Waals surface area contributed by atoms with Crippen LogP contribution in [0.25, 0.3) is 22.2 Å². The molecule has 2 aromatic heterocycles. The summed E-state index contributed by atoms with van der Waals surface area (Å²) >= 11 is 6.53. The Hall–Kier alpha value is -2.63. The minimum atomic E-state index is -0.700. The lowest BCUT2D eigenvalue weighted by Crippen LogP contribution is -2.49. The van der Waals surface area contributed by atoms with E-state index in [0.717, 1.165) is 5.69 Å². The third-order valence-electron chi connectivity index (χ3n) is 7.98. The van der Waals surface area contributed by atoms with Crippen LogP contribution in [0.3, 0.4) is 0 Å². The van der Waals surface area contributed by atoms with Crippen molar-refractivity contribution < 1.29 is 19.0 Å². The van der Waals surface area contributed by atoms with Gasteiger partial charge in [-0.3, -0.25) is 9.69 Å². The molecule has 40 heavy (non-hydrogen) atoms. The number of nitrogens with zero attached hydrogens (tertiary/aromatic N) is 4. The number of rotatable bonds is 6. The Morgan fingerprint density at radius 3 is 2.60 bits per heavy atom. The highest BCUT2D eigenvalue weighted by Gasteiger charge is 2.29. The molecule has 4 heterocycles. The summed E-state index contributed by atoms with van der Waals surface area (Å²) in [6.07, 6.45) is 1.35. The number of hydrogen-bond acceptors (Lipinski definition) is 8. The molecule has 0 amide bonds. The van der Waals surface area contributed by atoms with E-state index in [4.69, 9.17) is 21.1 Å². The Morgan fingerprint density at radius 2 is 1.93 bits per heavy atom. The van der Waals surface area contributed by atoms with Gasteiger partial charge in [0.05, 0.1) is 59.8 Å². The van der Waals surface area contributed by atoms with E-state index < -0.39 is 11.9 Å². The van der Waals surface area contributed by atoms with Crippen molar-refractivity contribution in [2.24, 2.45) is 0 Å². The summed E-state index contributed by atoms with van der Waals surface area (Å²) in [6.45, 7) is 12.6. The summed E-state index contributed by atoms with van der Waals surface area (Å²) < 4.78 is 28.9. The number of nitrogens with one attached hydrogen (secondary N) is 1. The number of benzene rings is 1. The van der Waals surface area contributed by atoms with Crippen LogP contribution in [0.15, 0.2) is 23.1 Å². The topological polar surface area (TPSA) is 102 Å². The van der Waals surface area contributed by atoms with Crippen LogP contribution in [-0.2, 0) is 16.0 Å². The van der Waals surface area contributed by atoms with Crippen LogP contribution in [0.4, 0.5) is 10.3 Å². The summed E-state index contributed by atoms with van der Waals surface area (Å²) in [4.78, 5) is 24.8. The van der Waals surface area contributed by atoms with Gasteiger partial charge in [0.25, 0.3) is 0 Å². The van der Waals surface area contributed by atoms with E-state index >= 15 is 4.39 Å². The Bertz CT molecular complexity index is 1450. The number of aromatic nitrogens is 3. The second-order valence-corrected chi connectivity index (χ2v) is 11.6. The largest absolute Gasteiger partial charge is 0.389 e. The van der Waals surface area contributed by atoms with Crippen LogP contribution < -0.4 is 10.7 Å². The van der Waals surface area contributed by atoms with E-state index in [2.05, 4.69) is 38.6 Å². The van der Waals surface area contributed by atoms with E-state index in [9.17, 15) is 9.90 Å². The molecule has 1 aromatic carbocycles. The highest BCUT2D eigenvalue weighted by Crippen LogP contribution is 2.33. The van der Waals surface area contributed by atoms with Gasteiger partial charge in [0.1, 0.15) is 5.82 Å². The molecule has 2 saturated heterocycles. The normalized spacial score (nSPS) is 24.1. The average molecular weight is 574 g/mol. The van der Waals surface area contributed by atoms with Gasteiger partial charge in [-0.25, -0.2) is 14.4 Å². The molecule has 0 radical (unpaired) electrons. The third kappa shape index (κ3) is 5.47. The first-order valence-corrected chi connectivity index (χ1v) is 14.2. The third-order valence-corrected chi connectivity index (χ3v) is 8.25. The maximum absolute atomic E-state index is 15.8. The minimum absolute atomic E-state index is 0.0498. The lowest BCUT2D eigenvalue weighted by Gasteiger charge is -2.39. The van der Waals surface area contributed by atoms with Crippen molar-refractivity contribution in [2.75, 3.05) is 31.7 Å². The highest BCUT2D eigenvalue weighted by molar-refractivity contribution is 6.33. The van der Waals surface area contributed by atoms with Gasteiger partial charge < -0.3 is 24.5 Å². The minimum Gasteiger partial charge on any atom is -0.389 e. The fraction of sp³-hybridized carbons (Fsp3) is 0.552. The Labute approximate surface area is 238 Å². The number of aliphatic hydroxyl groups excluding tert-OH is 1. The van der Waals surface area contributed by atoms with Crippen molar-refractivity contribution in [2.45, 2.75) is 77.9 Å². The number of pyridine rings is 1. The summed E-state index contributed by atoms with van der Waals surface area (Å²) in [7, 11) is 0. The van der Waals surface area contributed by atoms with E-state index in [-0.39, 0.29) is 52.6 Å². The molecule has 0 saturated carbocycles. The predicted octanol–water partition coefficient (Wildman–Crippen LogP) is 4.31. The zero-order valence-corrected chi connectivity index (χ0v) is 24.3. The van der Waals surface area contributed by atoms with Crippen molar-refractivity contribution in [1.29, 1.82) is 0 Å². The summed E-state index contributed by atoms with van der Waals surface area (Å²) in [6, 6.07) is 3.12. The van der Waals surface area contributed by atoms with E-state index in [1.54, 1.807) is 13.0 Å². The number of halogens is 2.